The number of hydrogen-bond acceptors (Lipinski definition) is 3. The van der Waals surface area contributed by atoms with Gasteiger partial charge in [0.15, 0.2) is 0 Å². The minimum Gasteiger partial charge on any atom is -0.481 e. The lowest BCUT2D eigenvalue weighted by atomic mass is 9.93. The first kappa shape index (κ1) is 13.6. The molecule has 1 fully saturated rings. The van der Waals surface area contributed by atoms with E-state index in [1.54, 1.807) is 0 Å². The lowest BCUT2D eigenvalue weighted by Crippen LogP contribution is -2.34. The van der Waals surface area contributed by atoms with Gasteiger partial charge in [0, 0.05) is 29.3 Å². The van der Waals surface area contributed by atoms with Crippen LogP contribution in [-0.2, 0) is 11.3 Å². The lowest BCUT2D eigenvalue weighted by molar-refractivity contribution is -0.137. The quantitative estimate of drug-likeness (QED) is 0.891. The number of hydrogen-bond donors (Lipinski definition) is 1. The van der Waals surface area contributed by atoms with Gasteiger partial charge in [-0.3, -0.25) is 9.69 Å². The van der Waals surface area contributed by atoms with Crippen LogP contribution < -0.4 is 0 Å². The Kier molecular flexibility index (Phi) is 4.78. The summed E-state index contributed by atoms with van der Waals surface area (Å²) in [5.41, 5.74) is 0. The van der Waals surface area contributed by atoms with Crippen LogP contribution in [-0.4, -0.2) is 29.1 Å². The number of carbonyl (C=O) groups is 1. The zero-order valence-electron chi connectivity index (χ0n) is 10.9. The molecular formula is C14H21NO2S. The van der Waals surface area contributed by atoms with Crippen LogP contribution in [0.15, 0.2) is 12.1 Å². The van der Waals surface area contributed by atoms with E-state index in [0.717, 1.165) is 26.1 Å². The summed E-state index contributed by atoms with van der Waals surface area (Å²) in [6.45, 7) is 5.38. The fourth-order valence-corrected chi connectivity index (χ4v) is 3.58. The normalized spacial score (nSPS) is 21.1. The Hall–Kier alpha value is -0.870. The summed E-state index contributed by atoms with van der Waals surface area (Å²) in [6.07, 6.45) is 3.54. The van der Waals surface area contributed by atoms with Crippen molar-refractivity contribution in [3.63, 3.8) is 0 Å². The second kappa shape index (κ2) is 6.34. The summed E-state index contributed by atoms with van der Waals surface area (Å²) in [5.74, 6) is -0.100. The molecule has 0 spiro atoms. The molecule has 100 valence electrons. The van der Waals surface area contributed by atoms with E-state index >= 15 is 0 Å². The number of carboxylic acid groups (broad SMARTS) is 1. The highest BCUT2D eigenvalue weighted by Crippen LogP contribution is 2.24. The molecule has 0 aliphatic carbocycles. The number of likely N-dealkylation sites (tertiary alicyclic amines) is 1. The lowest BCUT2D eigenvalue weighted by Gasteiger charge is -2.32. The molecule has 0 radical (unpaired) electrons. The third-order valence-electron chi connectivity index (χ3n) is 3.55. The first-order valence-electron chi connectivity index (χ1n) is 6.63. The van der Waals surface area contributed by atoms with Crippen molar-refractivity contribution >= 4 is 17.3 Å². The van der Waals surface area contributed by atoms with Gasteiger partial charge in [0.05, 0.1) is 0 Å². The summed E-state index contributed by atoms with van der Waals surface area (Å²) in [7, 11) is 0. The van der Waals surface area contributed by atoms with Crippen LogP contribution in [0.25, 0.3) is 0 Å². The molecule has 1 aliphatic heterocycles. The van der Waals surface area contributed by atoms with Crippen LogP contribution in [0, 0.1) is 12.8 Å². The summed E-state index contributed by atoms with van der Waals surface area (Å²) in [6, 6.07) is 4.38. The van der Waals surface area contributed by atoms with Gasteiger partial charge in [0.2, 0.25) is 0 Å². The third kappa shape index (κ3) is 4.10. The summed E-state index contributed by atoms with van der Waals surface area (Å²) >= 11 is 1.87. The van der Waals surface area contributed by atoms with E-state index in [2.05, 4.69) is 24.0 Å². The van der Waals surface area contributed by atoms with Gasteiger partial charge in [-0.25, -0.2) is 0 Å². The number of carboxylic acids is 1. The number of aliphatic carboxylic acids is 1. The average Bonchev–Trinajstić information content (AvgIpc) is 2.73. The fourth-order valence-electron chi connectivity index (χ4n) is 2.65. The number of piperidine rings is 1. The van der Waals surface area contributed by atoms with Gasteiger partial charge in [0.1, 0.15) is 0 Å². The average molecular weight is 267 g/mol. The van der Waals surface area contributed by atoms with Crippen molar-refractivity contribution in [1.82, 2.24) is 4.90 Å². The minimum absolute atomic E-state index is 0.316. The SMILES string of the molecule is Cc1ccc(CN2CCCC(CCC(=O)O)C2)s1. The second-order valence-corrected chi connectivity index (χ2v) is 6.56. The molecule has 1 aromatic heterocycles. The van der Waals surface area contributed by atoms with Crippen LogP contribution in [0.2, 0.25) is 0 Å². The standard InChI is InChI=1S/C14H21NO2S/c1-11-4-6-13(18-11)10-15-8-2-3-12(9-15)5-7-14(16)17/h4,6,12H,2-3,5,7-10H2,1H3,(H,16,17). The van der Waals surface area contributed by atoms with Crippen molar-refractivity contribution < 1.29 is 9.90 Å². The first-order valence-corrected chi connectivity index (χ1v) is 7.44. The predicted octanol–water partition coefficient (Wildman–Crippen LogP) is 3.13. The Morgan fingerprint density at radius 1 is 1.56 bits per heavy atom. The molecule has 18 heavy (non-hydrogen) atoms. The number of rotatable bonds is 5. The Morgan fingerprint density at radius 3 is 3.06 bits per heavy atom. The van der Waals surface area contributed by atoms with Gasteiger partial charge in [0.25, 0.3) is 0 Å². The number of aryl methyl sites for hydroxylation is 1. The van der Waals surface area contributed by atoms with Crippen molar-refractivity contribution in [2.75, 3.05) is 13.1 Å². The number of thiophene rings is 1. The highest BCUT2D eigenvalue weighted by Gasteiger charge is 2.20. The Morgan fingerprint density at radius 2 is 2.39 bits per heavy atom. The van der Waals surface area contributed by atoms with E-state index < -0.39 is 5.97 Å². The first-order chi connectivity index (χ1) is 8.63. The Balaban J connectivity index is 1.81. The van der Waals surface area contributed by atoms with Gasteiger partial charge >= 0.3 is 5.97 Å². The largest absolute Gasteiger partial charge is 0.481 e. The molecular weight excluding hydrogens is 246 g/mol. The molecule has 0 saturated carbocycles. The van der Waals surface area contributed by atoms with E-state index in [1.807, 2.05) is 11.3 Å². The maximum absolute atomic E-state index is 10.6. The molecule has 0 amide bonds. The topological polar surface area (TPSA) is 40.5 Å². The van der Waals surface area contributed by atoms with E-state index in [9.17, 15) is 4.79 Å². The summed E-state index contributed by atoms with van der Waals surface area (Å²) in [4.78, 5) is 15.9. The van der Waals surface area contributed by atoms with Gasteiger partial charge in [-0.05, 0) is 50.8 Å². The molecule has 2 rings (SSSR count). The van der Waals surface area contributed by atoms with E-state index in [0.29, 0.717) is 12.3 Å². The third-order valence-corrected chi connectivity index (χ3v) is 4.53. The summed E-state index contributed by atoms with van der Waals surface area (Å²) < 4.78 is 0. The van der Waals surface area contributed by atoms with E-state index in [1.165, 1.54) is 22.6 Å². The van der Waals surface area contributed by atoms with E-state index in [4.69, 9.17) is 5.11 Å². The highest BCUT2D eigenvalue weighted by molar-refractivity contribution is 7.11. The minimum atomic E-state index is -0.666. The molecule has 1 N–H and O–H groups in total. The monoisotopic (exact) mass is 267 g/mol. The number of nitrogens with zero attached hydrogens (tertiary/aromatic N) is 1. The van der Waals surface area contributed by atoms with Crippen molar-refractivity contribution in [3.8, 4) is 0 Å². The molecule has 1 aliphatic rings. The van der Waals surface area contributed by atoms with Gasteiger partial charge < -0.3 is 5.11 Å². The maximum atomic E-state index is 10.6. The molecule has 1 unspecified atom stereocenters. The van der Waals surface area contributed by atoms with E-state index in [-0.39, 0.29) is 0 Å². The van der Waals surface area contributed by atoms with Crippen LogP contribution >= 0.6 is 11.3 Å². The van der Waals surface area contributed by atoms with Crippen molar-refractivity contribution in [3.05, 3.63) is 21.9 Å². The molecule has 1 atom stereocenters. The molecule has 2 heterocycles. The zero-order chi connectivity index (χ0) is 13.0. The highest BCUT2D eigenvalue weighted by atomic mass is 32.1. The Bertz CT molecular complexity index is 402. The Labute approximate surface area is 112 Å². The predicted molar refractivity (Wildman–Crippen MR) is 73.9 cm³/mol. The van der Waals surface area contributed by atoms with Crippen molar-refractivity contribution in [2.45, 2.75) is 39.2 Å². The van der Waals surface area contributed by atoms with Crippen LogP contribution in [0.1, 0.15) is 35.4 Å². The van der Waals surface area contributed by atoms with Crippen molar-refractivity contribution in [2.24, 2.45) is 5.92 Å². The van der Waals surface area contributed by atoms with Crippen molar-refractivity contribution in [1.29, 1.82) is 0 Å². The van der Waals surface area contributed by atoms with Crippen LogP contribution in [0.5, 0.6) is 0 Å². The molecule has 3 nitrogen and oxygen atoms in total. The maximum Gasteiger partial charge on any atom is 0.303 e. The van der Waals surface area contributed by atoms with Gasteiger partial charge in [-0.15, -0.1) is 11.3 Å². The summed E-state index contributed by atoms with van der Waals surface area (Å²) in [5, 5.41) is 8.74. The zero-order valence-corrected chi connectivity index (χ0v) is 11.7. The van der Waals surface area contributed by atoms with Crippen LogP contribution in [0.3, 0.4) is 0 Å². The molecule has 1 saturated heterocycles. The molecule has 0 aromatic carbocycles. The molecule has 1 aromatic rings. The fraction of sp³-hybridized carbons (Fsp3) is 0.643. The molecule has 4 heteroatoms. The molecule has 0 bridgehead atoms. The second-order valence-electron chi connectivity index (χ2n) is 5.19. The van der Waals surface area contributed by atoms with Gasteiger partial charge in [-0.2, -0.15) is 0 Å². The van der Waals surface area contributed by atoms with Crippen LogP contribution in [0.4, 0.5) is 0 Å². The smallest absolute Gasteiger partial charge is 0.303 e. The van der Waals surface area contributed by atoms with Gasteiger partial charge in [-0.1, -0.05) is 0 Å².